The minimum absolute atomic E-state index is 0.468. The fourth-order valence-corrected chi connectivity index (χ4v) is 4.19. The highest BCUT2D eigenvalue weighted by molar-refractivity contribution is 7.94. The summed E-state index contributed by atoms with van der Waals surface area (Å²) in [5.74, 6) is 3.61. The van der Waals surface area contributed by atoms with Crippen LogP contribution in [0.25, 0.3) is 12.2 Å². The second-order valence-electron chi connectivity index (χ2n) is 8.30. The molecule has 196 valence electrons. The van der Waals surface area contributed by atoms with Crippen molar-refractivity contribution in [2.75, 3.05) is 17.7 Å². The van der Waals surface area contributed by atoms with Crippen molar-refractivity contribution >= 4 is 47.5 Å². The Morgan fingerprint density at radius 2 is 1.16 bits per heavy atom. The lowest BCUT2D eigenvalue weighted by molar-refractivity contribution is -0.447. The van der Waals surface area contributed by atoms with Crippen LogP contribution in [-0.4, -0.2) is 37.0 Å². The van der Waals surface area contributed by atoms with Crippen LogP contribution in [0.1, 0.15) is 40.0 Å². The van der Waals surface area contributed by atoms with Gasteiger partial charge < -0.3 is 10.6 Å². The maximum Gasteiger partial charge on any atom is 0.230 e. The third-order valence-electron chi connectivity index (χ3n) is 5.18. The van der Waals surface area contributed by atoms with Gasteiger partial charge in [-0.05, 0) is 75.6 Å². The van der Waals surface area contributed by atoms with Crippen LogP contribution in [0.15, 0.2) is 41.3 Å². The van der Waals surface area contributed by atoms with Crippen LogP contribution in [0.3, 0.4) is 0 Å². The topological polar surface area (TPSA) is 129 Å². The highest BCUT2D eigenvalue weighted by Gasteiger charge is 2.09. The van der Waals surface area contributed by atoms with Gasteiger partial charge in [0.1, 0.15) is 23.3 Å². The SMILES string of the molecule is COOOSc1cc(Nc2nc(C)nc(C)n2)ccc1/C=C/c1ccc(Nc2nc(C)nc(C)n2)cc1C. The Labute approximate surface area is 225 Å². The maximum absolute atomic E-state index is 5.08. The summed E-state index contributed by atoms with van der Waals surface area (Å²) >= 11 is 1.03. The summed E-state index contributed by atoms with van der Waals surface area (Å²) in [6, 6.07) is 11.9. The van der Waals surface area contributed by atoms with Gasteiger partial charge in [0.05, 0.1) is 19.2 Å². The number of benzene rings is 2. The molecule has 12 heteroatoms. The number of nitrogens with one attached hydrogen (secondary N) is 2. The maximum atomic E-state index is 5.08. The van der Waals surface area contributed by atoms with E-state index in [4.69, 9.17) is 4.33 Å². The molecular formula is C26H28N8O3S. The summed E-state index contributed by atoms with van der Waals surface area (Å²) in [5.41, 5.74) is 4.74. The summed E-state index contributed by atoms with van der Waals surface area (Å²) in [7, 11) is 1.37. The second kappa shape index (κ2) is 12.5. The van der Waals surface area contributed by atoms with Crippen molar-refractivity contribution in [3.8, 4) is 0 Å². The van der Waals surface area contributed by atoms with Crippen LogP contribution >= 0.6 is 12.0 Å². The van der Waals surface area contributed by atoms with Crippen molar-refractivity contribution in [3.05, 3.63) is 76.4 Å². The first-order chi connectivity index (χ1) is 18.3. The Morgan fingerprint density at radius 1 is 0.658 bits per heavy atom. The minimum Gasteiger partial charge on any atom is -0.324 e. The van der Waals surface area contributed by atoms with Crippen LogP contribution < -0.4 is 10.6 Å². The predicted octanol–water partition coefficient (Wildman–Crippen LogP) is 5.77. The van der Waals surface area contributed by atoms with E-state index in [0.717, 1.165) is 45.0 Å². The van der Waals surface area contributed by atoms with Gasteiger partial charge in [-0.1, -0.05) is 29.3 Å². The van der Waals surface area contributed by atoms with Crippen molar-refractivity contribution in [2.24, 2.45) is 0 Å². The van der Waals surface area contributed by atoms with Crippen molar-refractivity contribution in [3.63, 3.8) is 0 Å². The van der Waals surface area contributed by atoms with E-state index >= 15 is 0 Å². The van der Waals surface area contributed by atoms with Crippen molar-refractivity contribution < 1.29 is 14.3 Å². The van der Waals surface area contributed by atoms with E-state index in [1.807, 2.05) is 83.2 Å². The highest BCUT2D eigenvalue weighted by atomic mass is 32.2. The average Bonchev–Trinajstić information content (AvgIpc) is 2.83. The smallest absolute Gasteiger partial charge is 0.230 e. The van der Waals surface area contributed by atoms with E-state index in [2.05, 4.69) is 50.5 Å². The monoisotopic (exact) mass is 532 g/mol. The molecule has 0 saturated heterocycles. The summed E-state index contributed by atoms with van der Waals surface area (Å²) in [6.07, 6.45) is 4.05. The number of anilines is 4. The molecule has 4 aromatic rings. The number of rotatable bonds is 10. The Balaban J connectivity index is 1.54. The van der Waals surface area contributed by atoms with Gasteiger partial charge in [-0.2, -0.15) is 19.9 Å². The summed E-state index contributed by atoms with van der Waals surface area (Å²) < 4.78 is 5.08. The van der Waals surface area contributed by atoms with Crippen LogP contribution in [0, 0.1) is 34.6 Å². The van der Waals surface area contributed by atoms with Crippen LogP contribution in [-0.2, 0) is 14.3 Å². The molecule has 38 heavy (non-hydrogen) atoms. The zero-order valence-corrected chi connectivity index (χ0v) is 22.8. The number of hydrogen-bond acceptors (Lipinski definition) is 12. The standard InChI is InChI=1S/C26H28N8O3S/c1-15-13-22(33-25-29-16(2)27-17(3)30-25)11-9-20(15)7-8-21-10-12-23(14-24(21)38-37-36-35-6)34-26-31-18(4)28-19(5)32-26/h7-14H,1-6H3,(H,27,29,30,33)(H,28,31,32,34)/b8-7+. The van der Waals surface area contributed by atoms with Crippen molar-refractivity contribution in [1.29, 1.82) is 0 Å². The average molecular weight is 533 g/mol. The van der Waals surface area contributed by atoms with Crippen LogP contribution in [0.5, 0.6) is 0 Å². The van der Waals surface area contributed by atoms with Gasteiger partial charge in [0.25, 0.3) is 0 Å². The molecule has 0 unspecified atom stereocenters. The second-order valence-corrected chi connectivity index (χ2v) is 9.04. The van der Waals surface area contributed by atoms with E-state index in [9.17, 15) is 0 Å². The number of nitrogens with zero attached hydrogens (tertiary/aromatic N) is 6. The molecule has 2 aromatic heterocycles. The molecular weight excluding hydrogens is 504 g/mol. The molecule has 2 heterocycles. The van der Waals surface area contributed by atoms with Gasteiger partial charge in [0.2, 0.25) is 11.9 Å². The number of aromatic nitrogens is 6. The van der Waals surface area contributed by atoms with Gasteiger partial charge in [-0.25, -0.2) is 14.9 Å². The molecule has 0 fully saturated rings. The lowest BCUT2D eigenvalue weighted by Gasteiger charge is -2.10. The lowest BCUT2D eigenvalue weighted by Crippen LogP contribution is -2.03. The molecule has 0 bridgehead atoms. The van der Waals surface area contributed by atoms with Crippen molar-refractivity contribution in [2.45, 2.75) is 39.5 Å². The Morgan fingerprint density at radius 3 is 1.68 bits per heavy atom. The van der Waals surface area contributed by atoms with E-state index in [1.165, 1.54) is 7.11 Å². The van der Waals surface area contributed by atoms with Crippen molar-refractivity contribution in [1.82, 2.24) is 29.9 Å². The molecule has 2 N–H and O–H groups in total. The molecule has 0 aliphatic heterocycles. The minimum atomic E-state index is 0.468. The fraction of sp³-hybridized carbons (Fsp3) is 0.231. The molecule has 11 nitrogen and oxygen atoms in total. The summed E-state index contributed by atoms with van der Waals surface area (Å²) in [4.78, 5) is 31.1. The van der Waals surface area contributed by atoms with Crippen LogP contribution in [0.2, 0.25) is 0 Å². The largest absolute Gasteiger partial charge is 0.324 e. The molecule has 0 saturated carbocycles. The van der Waals surface area contributed by atoms with E-state index in [1.54, 1.807) is 0 Å². The normalized spacial score (nSPS) is 11.2. The quantitative estimate of drug-likeness (QED) is 0.0845. The Kier molecular flexibility index (Phi) is 8.92. The van der Waals surface area contributed by atoms with E-state index < -0.39 is 0 Å². The molecule has 0 atom stereocenters. The third kappa shape index (κ3) is 7.52. The summed E-state index contributed by atoms with van der Waals surface area (Å²) in [5, 5.41) is 11.1. The first-order valence-electron chi connectivity index (χ1n) is 11.7. The van der Waals surface area contributed by atoms with Gasteiger partial charge in [0.15, 0.2) is 0 Å². The highest BCUT2D eigenvalue weighted by Crippen LogP contribution is 2.30. The Hall–Kier alpha value is -3.97. The van der Waals surface area contributed by atoms with Gasteiger partial charge in [-0.3, -0.25) is 0 Å². The summed E-state index contributed by atoms with van der Waals surface area (Å²) in [6.45, 7) is 9.38. The molecule has 2 aromatic carbocycles. The third-order valence-corrected chi connectivity index (χ3v) is 5.83. The number of aryl methyl sites for hydroxylation is 5. The van der Waals surface area contributed by atoms with Gasteiger partial charge in [-0.15, -0.1) is 4.33 Å². The predicted molar refractivity (Wildman–Crippen MR) is 147 cm³/mol. The molecule has 0 amide bonds. The molecule has 0 radical (unpaired) electrons. The van der Waals surface area contributed by atoms with Gasteiger partial charge in [0, 0.05) is 16.3 Å². The lowest BCUT2D eigenvalue weighted by atomic mass is 10.1. The molecule has 0 aliphatic rings. The molecule has 4 rings (SSSR count). The molecule has 0 spiro atoms. The van der Waals surface area contributed by atoms with Gasteiger partial charge >= 0.3 is 0 Å². The molecule has 0 aliphatic carbocycles. The zero-order chi connectivity index (χ0) is 27.1. The first kappa shape index (κ1) is 27.1. The first-order valence-corrected chi connectivity index (χ1v) is 12.4. The Bertz CT molecular complexity index is 1420. The van der Waals surface area contributed by atoms with E-state index in [-0.39, 0.29) is 0 Å². The number of hydrogen-bond donors (Lipinski definition) is 2. The van der Waals surface area contributed by atoms with E-state index in [0.29, 0.717) is 35.2 Å². The zero-order valence-electron chi connectivity index (χ0n) is 21.9. The fourth-order valence-electron chi connectivity index (χ4n) is 3.62. The van der Waals surface area contributed by atoms with Crippen LogP contribution in [0.4, 0.5) is 23.3 Å².